The monoisotopic (exact) mass is 288 g/mol. The number of hydrogen-bond donors (Lipinski definition) is 1. The van der Waals surface area contributed by atoms with Gasteiger partial charge in [0.1, 0.15) is 0 Å². The van der Waals surface area contributed by atoms with E-state index in [1.807, 2.05) is 4.90 Å². The molecule has 1 aliphatic rings. The molecule has 0 aromatic heterocycles. The fourth-order valence-corrected chi connectivity index (χ4v) is 2.97. The summed E-state index contributed by atoms with van der Waals surface area (Å²) in [5.41, 5.74) is 8.41. The van der Waals surface area contributed by atoms with Crippen molar-refractivity contribution in [1.82, 2.24) is 4.90 Å². The van der Waals surface area contributed by atoms with Crippen molar-refractivity contribution in [3.8, 4) is 0 Å². The summed E-state index contributed by atoms with van der Waals surface area (Å²) in [5.74, 6) is 0.706. The van der Waals surface area contributed by atoms with Crippen LogP contribution in [0.25, 0.3) is 0 Å². The highest BCUT2D eigenvalue weighted by Gasteiger charge is 2.24. The standard InChI is InChI=1S/C18H28N2O/c1-14(2)16-8-6-15(7-9-16)12-17(13-19)18(21)20-10-4-3-5-11-20/h6-9,14,17H,3-5,10-13,19H2,1-2H3. The van der Waals surface area contributed by atoms with Crippen LogP contribution in [0, 0.1) is 5.92 Å². The van der Waals surface area contributed by atoms with E-state index in [1.165, 1.54) is 17.5 Å². The average molecular weight is 288 g/mol. The molecule has 1 aromatic carbocycles. The highest BCUT2D eigenvalue weighted by Crippen LogP contribution is 2.18. The molecule has 2 N–H and O–H groups in total. The van der Waals surface area contributed by atoms with Crippen LogP contribution in [0.5, 0.6) is 0 Å². The Kier molecular flexibility index (Phi) is 5.80. The Morgan fingerprint density at radius 1 is 1.14 bits per heavy atom. The second-order valence-electron chi connectivity index (χ2n) is 6.42. The molecule has 1 fully saturated rings. The van der Waals surface area contributed by atoms with Crippen LogP contribution in [0.2, 0.25) is 0 Å². The van der Waals surface area contributed by atoms with Crippen molar-refractivity contribution in [2.45, 2.75) is 45.4 Å². The number of rotatable bonds is 5. The molecule has 21 heavy (non-hydrogen) atoms. The van der Waals surface area contributed by atoms with Gasteiger partial charge in [0.2, 0.25) is 5.91 Å². The Morgan fingerprint density at radius 2 is 1.76 bits per heavy atom. The maximum absolute atomic E-state index is 12.6. The van der Waals surface area contributed by atoms with Gasteiger partial charge in [0.15, 0.2) is 0 Å². The number of nitrogens with zero attached hydrogens (tertiary/aromatic N) is 1. The third kappa shape index (κ3) is 4.31. The molecule has 3 heteroatoms. The van der Waals surface area contributed by atoms with E-state index in [9.17, 15) is 4.79 Å². The Morgan fingerprint density at radius 3 is 2.29 bits per heavy atom. The molecule has 2 rings (SSSR count). The van der Waals surface area contributed by atoms with Crippen molar-refractivity contribution in [2.24, 2.45) is 11.7 Å². The van der Waals surface area contributed by atoms with E-state index in [2.05, 4.69) is 38.1 Å². The summed E-state index contributed by atoms with van der Waals surface area (Å²) in [4.78, 5) is 14.6. The molecule has 0 saturated carbocycles. The van der Waals surface area contributed by atoms with Crippen LogP contribution in [0.4, 0.5) is 0 Å². The highest BCUT2D eigenvalue weighted by molar-refractivity contribution is 5.79. The van der Waals surface area contributed by atoms with Crippen LogP contribution in [-0.2, 0) is 11.2 Å². The van der Waals surface area contributed by atoms with Crippen molar-refractivity contribution < 1.29 is 4.79 Å². The largest absolute Gasteiger partial charge is 0.342 e. The van der Waals surface area contributed by atoms with Gasteiger partial charge < -0.3 is 10.6 Å². The first-order valence-electron chi connectivity index (χ1n) is 8.19. The highest BCUT2D eigenvalue weighted by atomic mass is 16.2. The second kappa shape index (κ2) is 7.60. The molecule has 3 nitrogen and oxygen atoms in total. The Hall–Kier alpha value is -1.35. The van der Waals surface area contributed by atoms with Crippen molar-refractivity contribution in [3.63, 3.8) is 0 Å². The first-order chi connectivity index (χ1) is 10.1. The summed E-state index contributed by atoms with van der Waals surface area (Å²) in [6.45, 7) is 6.62. The van der Waals surface area contributed by atoms with E-state index in [0.717, 1.165) is 32.4 Å². The maximum atomic E-state index is 12.6. The number of carbonyl (C=O) groups is 1. The molecule has 0 spiro atoms. The molecule has 1 heterocycles. The predicted octanol–water partition coefficient (Wildman–Crippen LogP) is 2.94. The van der Waals surface area contributed by atoms with Gasteiger partial charge in [0, 0.05) is 19.6 Å². The van der Waals surface area contributed by atoms with E-state index >= 15 is 0 Å². The lowest BCUT2D eigenvalue weighted by Crippen LogP contribution is -2.42. The quantitative estimate of drug-likeness (QED) is 0.905. The molecule has 116 valence electrons. The number of nitrogens with two attached hydrogens (primary N) is 1. The van der Waals surface area contributed by atoms with Crippen LogP contribution in [0.3, 0.4) is 0 Å². The minimum atomic E-state index is -0.0759. The lowest BCUT2D eigenvalue weighted by Gasteiger charge is -2.30. The Labute approximate surface area is 128 Å². The number of hydrogen-bond acceptors (Lipinski definition) is 2. The number of likely N-dealkylation sites (tertiary alicyclic amines) is 1. The Bertz CT molecular complexity index is 447. The van der Waals surface area contributed by atoms with Gasteiger partial charge in [-0.1, -0.05) is 38.1 Å². The molecule has 1 amide bonds. The van der Waals surface area contributed by atoms with Gasteiger partial charge in [-0.2, -0.15) is 0 Å². The SMILES string of the molecule is CC(C)c1ccc(CC(CN)C(=O)N2CCCCC2)cc1. The van der Waals surface area contributed by atoms with Crippen LogP contribution < -0.4 is 5.73 Å². The molecule has 0 aliphatic carbocycles. The third-order valence-electron chi connectivity index (χ3n) is 4.43. The van der Waals surface area contributed by atoms with E-state index in [1.54, 1.807) is 0 Å². The second-order valence-corrected chi connectivity index (χ2v) is 6.42. The van der Waals surface area contributed by atoms with E-state index < -0.39 is 0 Å². The van der Waals surface area contributed by atoms with Gasteiger partial charge in [0.25, 0.3) is 0 Å². The molecule has 0 bridgehead atoms. The number of carbonyl (C=O) groups excluding carboxylic acids is 1. The molecule has 1 saturated heterocycles. The normalized spacial score (nSPS) is 17.0. The zero-order valence-electron chi connectivity index (χ0n) is 13.3. The molecule has 0 radical (unpaired) electrons. The summed E-state index contributed by atoms with van der Waals surface area (Å²) in [5, 5.41) is 0. The van der Waals surface area contributed by atoms with Crippen molar-refractivity contribution in [1.29, 1.82) is 0 Å². The van der Waals surface area contributed by atoms with E-state index in [-0.39, 0.29) is 11.8 Å². The summed E-state index contributed by atoms with van der Waals surface area (Å²) in [6, 6.07) is 8.61. The minimum absolute atomic E-state index is 0.0759. The fourth-order valence-electron chi connectivity index (χ4n) is 2.97. The van der Waals surface area contributed by atoms with Gasteiger partial charge in [-0.25, -0.2) is 0 Å². The number of piperidine rings is 1. The summed E-state index contributed by atoms with van der Waals surface area (Å²) < 4.78 is 0. The summed E-state index contributed by atoms with van der Waals surface area (Å²) in [6.07, 6.45) is 4.26. The summed E-state index contributed by atoms with van der Waals surface area (Å²) in [7, 11) is 0. The third-order valence-corrected chi connectivity index (χ3v) is 4.43. The lowest BCUT2D eigenvalue weighted by atomic mass is 9.94. The number of benzene rings is 1. The van der Waals surface area contributed by atoms with Crippen molar-refractivity contribution in [3.05, 3.63) is 35.4 Å². The molecule has 1 unspecified atom stereocenters. The van der Waals surface area contributed by atoms with Crippen LogP contribution in [0.15, 0.2) is 24.3 Å². The van der Waals surface area contributed by atoms with E-state index in [0.29, 0.717) is 12.5 Å². The zero-order valence-corrected chi connectivity index (χ0v) is 13.3. The molecule has 1 aliphatic heterocycles. The van der Waals surface area contributed by atoms with Gasteiger partial charge in [-0.15, -0.1) is 0 Å². The van der Waals surface area contributed by atoms with Gasteiger partial charge in [0.05, 0.1) is 5.92 Å². The topological polar surface area (TPSA) is 46.3 Å². The van der Waals surface area contributed by atoms with Gasteiger partial charge in [-0.3, -0.25) is 4.79 Å². The van der Waals surface area contributed by atoms with Crippen LogP contribution in [-0.4, -0.2) is 30.4 Å². The fraction of sp³-hybridized carbons (Fsp3) is 0.611. The van der Waals surface area contributed by atoms with Crippen LogP contribution >= 0.6 is 0 Å². The first kappa shape index (κ1) is 16.0. The lowest BCUT2D eigenvalue weighted by molar-refractivity contribution is -0.136. The van der Waals surface area contributed by atoms with Crippen molar-refractivity contribution in [2.75, 3.05) is 19.6 Å². The minimum Gasteiger partial charge on any atom is -0.342 e. The smallest absolute Gasteiger partial charge is 0.227 e. The molecular formula is C18H28N2O. The van der Waals surface area contributed by atoms with E-state index in [4.69, 9.17) is 5.73 Å². The molecule has 1 atom stereocenters. The predicted molar refractivity (Wildman–Crippen MR) is 87.2 cm³/mol. The molecule has 1 aromatic rings. The maximum Gasteiger partial charge on any atom is 0.227 e. The van der Waals surface area contributed by atoms with Crippen molar-refractivity contribution >= 4 is 5.91 Å². The first-order valence-corrected chi connectivity index (χ1v) is 8.19. The average Bonchev–Trinajstić information content (AvgIpc) is 2.53. The Balaban J connectivity index is 1.99. The zero-order chi connectivity index (χ0) is 15.2. The van der Waals surface area contributed by atoms with Gasteiger partial charge >= 0.3 is 0 Å². The summed E-state index contributed by atoms with van der Waals surface area (Å²) >= 11 is 0. The number of amides is 1. The molecular weight excluding hydrogens is 260 g/mol. The van der Waals surface area contributed by atoms with Crippen LogP contribution in [0.1, 0.15) is 50.2 Å². The van der Waals surface area contributed by atoms with Gasteiger partial charge in [-0.05, 0) is 42.7 Å².